The Hall–Kier alpha value is -0.920. The summed E-state index contributed by atoms with van der Waals surface area (Å²) in [6.45, 7) is 4.98. The molecule has 0 fully saturated rings. The van der Waals surface area contributed by atoms with Crippen molar-refractivity contribution in [3.63, 3.8) is 0 Å². The van der Waals surface area contributed by atoms with E-state index in [0.29, 0.717) is 0 Å². The molecule has 6 nitrogen and oxygen atoms in total. The van der Waals surface area contributed by atoms with E-state index >= 15 is 0 Å². The Morgan fingerprint density at radius 3 is 2.53 bits per heavy atom. The summed E-state index contributed by atoms with van der Waals surface area (Å²) in [6.07, 6.45) is 0. The maximum Gasteiger partial charge on any atom is 0.335 e. The van der Waals surface area contributed by atoms with Gasteiger partial charge in [-0.05, 0) is 6.92 Å². The highest BCUT2D eigenvalue weighted by molar-refractivity contribution is 7.85. The van der Waals surface area contributed by atoms with Crippen LogP contribution in [0.15, 0.2) is 12.2 Å². The van der Waals surface area contributed by atoms with Crippen molar-refractivity contribution in [3.8, 4) is 0 Å². The number of hydrogen-bond acceptors (Lipinski definition) is 5. The second-order valence-electron chi connectivity index (χ2n) is 2.66. The van der Waals surface area contributed by atoms with Gasteiger partial charge in [-0.15, -0.1) is 0 Å². The molecule has 0 unspecified atom stereocenters. The largest absolute Gasteiger partial charge is 0.463 e. The zero-order valence-electron chi connectivity index (χ0n) is 8.43. The van der Waals surface area contributed by atoms with Gasteiger partial charge in [-0.25, -0.2) is 4.79 Å². The van der Waals surface area contributed by atoms with Crippen LogP contribution in [0.1, 0.15) is 6.92 Å². The number of hydrogen-bond donors (Lipinski definition) is 1. The zero-order valence-corrected chi connectivity index (χ0v) is 9.25. The zero-order chi connectivity index (χ0) is 11.9. The Balaban J connectivity index is 3.69. The second-order valence-corrected chi connectivity index (χ2v) is 4.23. The van der Waals surface area contributed by atoms with E-state index in [9.17, 15) is 13.2 Å². The second kappa shape index (κ2) is 6.54. The molecule has 0 aromatic rings. The molecule has 0 spiro atoms. The Labute approximate surface area is 88.6 Å². The molecular weight excluding hydrogens is 224 g/mol. The molecule has 7 heteroatoms. The molecule has 0 heterocycles. The molecule has 0 aromatic heterocycles. The first-order valence-electron chi connectivity index (χ1n) is 4.24. The summed E-state index contributed by atoms with van der Waals surface area (Å²) in [6, 6.07) is 0. The summed E-state index contributed by atoms with van der Waals surface area (Å²) in [7, 11) is -4.02. The Morgan fingerprint density at radius 1 is 1.47 bits per heavy atom. The number of carbonyl (C=O) groups is 1. The van der Waals surface area contributed by atoms with Crippen LogP contribution in [0, 0.1) is 0 Å². The molecule has 1 N–H and O–H groups in total. The highest BCUT2D eigenvalue weighted by Gasteiger charge is 2.09. The number of ether oxygens (including phenoxy) is 2. The summed E-state index contributed by atoms with van der Waals surface area (Å²) in [5.41, 5.74) is 0.104. The SMILES string of the molecule is C=C(COCCS(=O)(=O)O)C(=O)OCC. The van der Waals surface area contributed by atoms with Gasteiger partial charge in [-0.3, -0.25) is 4.55 Å². The molecule has 0 rings (SSSR count). The van der Waals surface area contributed by atoms with Crippen LogP contribution in [0.3, 0.4) is 0 Å². The molecule has 0 atom stereocenters. The van der Waals surface area contributed by atoms with Crippen LogP contribution in [0.25, 0.3) is 0 Å². The minimum absolute atomic E-state index is 0.104. The van der Waals surface area contributed by atoms with Crippen molar-refractivity contribution in [2.75, 3.05) is 25.6 Å². The summed E-state index contributed by atoms with van der Waals surface area (Å²) < 4.78 is 38.3. The van der Waals surface area contributed by atoms with Gasteiger partial charge < -0.3 is 9.47 Å². The molecule has 0 radical (unpaired) electrons. The van der Waals surface area contributed by atoms with E-state index in [-0.39, 0.29) is 25.4 Å². The van der Waals surface area contributed by atoms with E-state index < -0.39 is 21.8 Å². The van der Waals surface area contributed by atoms with Crippen molar-refractivity contribution < 1.29 is 27.2 Å². The monoisotopic (exact) mass is 238 g/mol. The topological polar surface area (TPSA) is 89.9 Å². The summed E-state index contributed by atoms with van der Waals surface area (Å²) >= 11 is 0. The van der Waals surface area contributed by atoms with E-state index in [2.05, 4.69) is 11.3 Å². The van der Waals surface area contributed by atoms with E-state index in [0.717, 1.165) is 0 Å². The average Bonchev–Trinajstić information content (AvgIpc) is 2.11. The molecule has 0 saturated heterocycles. The normalized spacial score (nSPS) is 11.1. The van der Waals surface area contributed by atoms with Gasteiger partial charge in [0, 0.05) is 0 Å². The van der Waals surface area contributed by atoms with Crippen molar-refractivity contribution in [1.82, 2.24) is 0 Å². The number of rotatable bonds is 7. The predicted molar refractivity (Wildman–Crippen MR) is 53.0 cm³/mol. The molecule has 0 saturated carbocycles. The lowest BCUT2D eigenvalue weighted by molar-refractivity contribution is -0.139. The molecule has 88 valence electrons. The maximum absolute atomic E-state index is 11.0. The van der Waals surface area contributed by atoms with E-state index in [1.807, 2.05) is 0 Å². The van der Waals surface area contributed by atoms with Crippen molar-refractivity contribution in [2.45, 2.75) is 6.92 Å². The van der Waals surface area contributed by atoms with E-state index in [4.69, 9.17) is 9.29 Å². The minimum atomic E-state index is -4.02. The van der Waals surface area contributed by atoms with Gasteiger partial charge in [0.05, 0.1) is 31.1 Å². The van der Waals surface area contributed by atoms with Gasteiger partial charge >= 0.3 is 5.97 Å². The lowest BCUT2D eigenvalue weighted by Crippen LogP contribution is -2.15. The van der Waals surface area contributed by atoms with Crippen molar-refractivity contribution in [3.05, 3.63) is 12.2 Å². The van der Waals surface area contributed by atoms with Gasteiger partial charge in [0.25, 0.3) is 10.1 Å². The first-order chi connectivity index (χ1) is 6.87. The first kappa shape index (κ1) is 14.1. The summed E-state index contributed by atoms with van der Waals surface area (Å²) in [5.74, 6) is -1.09. The Bertz CT molecular complexity index is 318. The lowest BCUT2D eigenvalue weighted by Gasteiger charge is -2.05. The molecular formula is C8H14O6S. The highest BCUT2D eigenvalue weighted by Crippen LogP contribution is 1.96. The van der Waals surface area contributed by atoms with Crippen LogP contribution in [0.5, 0.6) is 0 Å². The molecule has 0 aliphatic rings. The van der Waals surface area contributed by atoms with E-state index in [1.165, 1.54) is 0 Å². The first-order valence-corrected chi connectivity index (χ1v) is 5.85. The molecule has 0 amide bonds. The smallest absolute Gasteiger partial charge is 0.335 e. The predicted octanol–water partition coefficient (Wildman–Crippen LogP) is 0.0101. The van der Waals surface area contributed by atoms with Gasteiger partial charge in [0.2, 0.25) is 0 Å². The van der Waals surface area contributed by atoms with Gasteiger partial charge in [0.15, 0.2) is 0 Å². The fraction of sp³-hybridized carbons (Fsp3) is 0.625. The quantitative estimate of drug-likeness (QED) is 0.291. The molecule has 15 heavy (non-hydrogen) atoms. The van der Waals surface area contributed by atoms with Crippen LogP contribution < -0.4 is 0 Å². The number of carbonyl (C=O) groups excluding carboxylic acids is 1. The molecule has 0 aliphatic heterocycles. The molecule has 0 aromatic carbocycles. The average molecular weight is 238 g/mol. The van der Waals surface area contributed by atoms with Crippen LogP contribution in [-0.2, 0) is 24.4 Å². The van der Waals surface area contributed by atoms with Crippen LogP contribution >= 0.6 is 0 Å². The van der Waals surface area contributed by atoms with E-state index in [1.54, 1.807) is 6.92 Å². The highest BCUT2D eigenvalue weighted by atomic mass is 32.2. The third kappa shape index (κ3) is 8.10. The van der Waals surface area contributed by atoms with Gasteiger partial charge in [-0.1, -0.05) is 6.58 Å². The third-order valence-corrected chi connectivity index (χ3v) is 2.01. The van der Waals surface area contributed by atoms with Crippen molar-refractivity contribution >= 4 is 16.1 Å². The van der Waals surface area contributed by atoms with Crippen LogP contribution in [0.2, 0.25) is 0 Å². The maximum atomic E-state index is 11.0. The number of esters is 1. The minimum Gasteiger partial charge on any atom is -0.463 e. The molecule has 0 aliphatic carbocycles. The lowest BCUT2D eigenvalue weighted by atomic mass is 10.3. The standard InChI is InChI=1S/C8H14O6S/c1-3-14-8(9)7(2)6-13-4-5-15(10,11)12/h2-6H2,1H3,(H,10,11,12). The fourth-order valence-electron chi connectivity index (χ4n) is 0.652. The van der Waals surface area contributed by atoms with Crippen molar-refractivity contribution in [2.24, 2.45) is 0 Å². The van der Waals surface area contributed by atoms with Crippen LogP contribution in [-0.4, -0.2) is 44.5 Å². The Morgan fingerprint density at radius 2 is 2.07 bits per heavy atom. The molecule has 0 bridgehead atoms. The van der Waals surface area contributed by atoms with Crippen molar-refractivity contribution in [1.29, 1.82) is 0 Å². The van der Waals surface area contributed by atoms with Gasteiger partial charge in [-0.2, -0.15) is 8.42 Å². The summed E-state index contributed by atoms with van der Waals surface area (Å²) in [5, 5.41) is 0. The Kier molecular flexibility index (Phi) is 6.14. The third-order valence-electron chi connectivity index (χ3n) is 1.33. The van der Waals surface area contributed by atoms with Crippen LogP contribution in [0.4, 0.5) is 0 Å². The fourth-order valence-corrected chi connectivity index (χ4v) is 0.980. The summed E-state index contributed by atoms with van der Waals surface area (Å²) in [4.78, 5) is 11.0. The van der Waals surface area contributed by atoms with Gasteiger partial charge in [0.1, 0.15) is 0 Å².